The van der Waals surface area contributed by atoms with Crippen molar-refractivity contribution in [1.29, 1.82) is 0 Å². The van der Waals surface area contributed by atoms with Crippen molar-refractivity contribution in [3.63, 3.8) is 0 Å². The summed E-state index contributed by atoms with van der Waals surface area (Å²) in [5, 5.41) is 0. The van der Waals surface area contributed by atoms with Crippen LogP contribution < -0.4 is 0 Å². The minimum atomic E-state index is -0.231. The van der Waals surface area contributed by atoms with E-state index in [1.807, 2.05) is 31.2 Å². The maximum atomic E-state index is 11.4. The van der Waals surface area contributed by atoms with Crippen molar-refractivity contribution in [2.75, 3.05) is 6.61 Å². The van der Waals surface area contributed by atoms with Gasteiger partial charge in [-0.05, 0) is 37.5 Å². The zero-order valence-electron chi connectivity index (χ0n) is 10.9. The molecule has 0 amide bonds. The predicted molar refractivity (Wildman–Crippen MR) is 70.2 cm³/mol. The number of carbonyl (C=O) groups excluding carboxylic acids is 1. The van der Waals surface area contributed by atoms with E-state index in [-0.39, 0.29) is 5.97 Å². The van der Waals surface area contributed by atoms with Gasteiger partial charge in [-0.25, -0.2) is 4.79 Å². The lowest BCUT2D eigenvalue weighted by atomic mass is 10.0. The number of hydrogen-bond acceptors (Lipinski definition) is 2. The molecule has 0 aliphatic carbocycles. The summed E-state index contributed by atoms with van der Waals surface area (Å²) in [5.41, 5.74) is 1.94. The second-order valence-electron chi connectivity index (χ2n) is 4.23. The SMILES string of the molecule is CCCCCCc1ccc(C(=O)OCC)cc1. The largest absolute Gasteiger partial charge is 0.462 e. The molecule has 0 aliphatic rings. The van der Waals surface area contributed by atoms with E-state index in [0.717, 1.165) is 6.42 Å². The Morgan fingerprint density at radius 2 is 1.76 bits per heavy atom. The van der Waals surface area contributed by atoms with Gasteiger partial charge in [0.05, 0.1) is 12.2 Å². The van der Waals surface area contributed by atoms with E-state index in [0.29, 0.717) is 12.2 Å². The molecule has 17 heavy (non-hydrogen) atoms. The number of benzene rings is 1. The normalized spacial score (nSPS) is 10.2. The highest BCUT2D eigenvalue weighted by atomic mass is 16.5. The molecule has 0 saturated carbocycles. The van der Waals surface area contributed by atoms with Crippen LogP contribution >= 0.6 is 0 Å². The summed E-state index contributed by atoms with van der Waals surface area (Å²) in [7, 11) is 0. The Morgan fingerprint density at radius 3 is 2.35 bits per heavy atom. The van der Waals surface area contributed by atoms with Gasteiger partial charge in [0, 0.05) is 0 Å². The van der Waals surface area contributed by atoms with Crippen molar-refractivity contribution in [2.45, 2.75) is 46.0 Å². The van der Waals surface area contributed by atoms with Crippen LogP contribution in [-0.2, 0) is 11.2 Å². The van der Waals surface area contributed by atoms with E-state index >= 15 is 0 Å². The maximum Gasteiger partial charge on any atom is 0.338 e. The highest BCUT2D eigenvalue weighted by molar-refractivity contribution is 5.89. The first-order chi connectivity index (χ1) is 8.27. The van der Waals surface area contributed by atoms with Crippen molar-refractivity contribution < 1.29 is 9.53 Å². The van der Waals surface area contributed by atoms with Crippen molar-refractivity contribution in [2.24, 2.45) is 0 Å². The monoisotopic (exact) mass is 234 g/mol. The van der Waals surface area contributed by atoms with Crippen LogP contribution in [0.4, 0.5) is 0 Å². The summed E-state index contributed by atoms with van der Waals surface area (Å²) in [6, 6.07) is 7.76. The first-order valence-corrected chi connectivity index (χ1v) is 6.54. The summed E-state index contributed by atoms with van der Waals surface area (Å²) in [4.78, 5) is 11.4. The number of rotatable bonds is 7. The van der Waals surface area contributed by atoms with Gasteiger partial charge in [-0.15, -0.1) is 0 Å². The topological polar surface area (TPSA) is 26.3 Å². The summed E-state index contributed by atoms with van der Waals surface area (Å²) in [6.07, 6.45) is 6.19. The van der Waals surface area contributed by atoms with Crippen molar-refractivity contribution in [3.8, 4) is 0 Å². The van der Waals surface area contributed by atoms with E-state index in [1.165, 1.54) is 31.2 Å². The molecule has 0 fully saturated rings. The Morgan fingerprint density at radius 1 is 1.06 bits per heavy atom. The zero-order valence-corrected chi connectivity index (χ0v) is 10.9. The molecule has 0 aliphatic heterocycles. The smallest absolute Gasteiger partial charge is 0.338 e. The lowest BCUT2D eigenvalue weighted by Gasteiger charge is -2.04. The third-order valence-electron chi connectivity index (χ3n) is 2.78. The van der Waals surface area contributed by atoms with Gasteiger partial charge in [-0.1, -0.05) is 38.3 Å². The average molecular weight is 234 g/mol. The molecule has 0 bridgehead atoms. The van der Waals surface area contributed by atoms with Crippen LogP contribution in [0.1, 0.15) is 55.5 Å². The second kappa shape index (κ2) is 7.88. The Kier molecular flexibility index (Phi) is 6.38. The summed E-state index contributed by atoms with van der Waals surface area (Å²) >= 11 is 0. The van der Waals surface area contributed by atoms with E-state index in [1.54, 1.807) is 0 Å². The van der Waals surface area contributed by atoms with E-state index < -0.39 is 0 Å². The quantitative estimate of drug-likeness (QED) is 0.527. The van der Waals surface area contributed by atoms with E-state index in [9.17, 15) is 4.79 Å². The van der Waals surface area contributed by atoms with Crippen LogP contribution in [0.25, 0.3) is 0 Å². The standard InChI is InChI=1S/C15H22O2/c1-3-5-6-7-8-13-9-11-14(12-10-13)15(16)17-4-2/h9-12H,3-8H2,1-2H3. The number of esters is 1. The number of carbonyl (C=O) groups is 1. The summed E-state index contributed by atoms with van der Waals surface area (Å²) in [5.74, 6) is -0.231. The lowest BCUT2D eigenvalue weighted by molar-refractivity contribution is 0.0526. The van der Waals surface area contributed by atoms with Gasteiger partial charge in [-0.2, -0.15) is 0 Å². The van der Waals surface area contributed by atoms with Gasteiger partial charge in [0.2, 0.25) is 0 Å². The van der Waals surface area contributed by atoms with E-state index in [4.69, 9.17) is 4.74 Å². The fourth-order valence-corrected chi connectivity index (χ4v) is 1.78. The summed E-state index contributed by atoms with van der Waals surface area (Å²) in [6.45, 7) is 4.46. The first-order valence-electron chi connectivity index (χ1n) is 6.54. The van der Waals surface area contributed by atoms with Crippen molar-refractivity contribution >= 4 is 5.97 Å². The molecule has 94 valence electrons. The Hall–Kier alpha value is -1.31. The van der Waals surface area contributed by atoms with Crippen LogP contribution in [0.2, 0.25) is 0 Å². The molecule has 0 atom stereocenters. The fraction of sp³-hybridized carbons (Fsp3) is 0.533. The second-order valence-corrected chi connectivity index (χ2v) is 4.23. The molecular formula is C15H22O2. The molecule has 0 saturated heterocycles. The van der Waals surface area contributed by atoms with Crippen LogP contribution in [0.15, 0.2) is 24.3 Å². The molecule has 1 rings (SSSR count). The van der Waals surface area contributed by atoms with Crippen molar-refractivity contribution in [3.05, 3.63) is 35.4 Å². The molecule has 0 unspecified atom stereocenters. The summed E-state index contributed by atoms with van der Waals surface area (Å²) < 4.78 is 4.94. The molecule has 0 heterocycles. The minimum Gasteiger partial charge on any atom is -0.462 e. The van der Waals surface area contributed by atoms with Crippen LogP contribution in [-0.4, -0.2) is 12.6 Å². The highest BCUT2D eigenvalue weighted by Crippen LogP contribution is 2.10. The Balaban J connectivity index is 2.42. The van der Waals surface area contributed by atoms with Gasteiger partial charge in [0.15, 0.2) is 0 Å². The maximum absolute atomic E-state index is 11.4. The lowest BCUT2D eigenvalue weighted by Crippen LogP contribution is -2.04. The van der Waals surface area contributed by atoms with Crippen LogP contribution in [0, 0.1) is 0 Å². The van der Waals surface area contributed by atoms with Gasteiger partial charge in [-0.3, -0.25) is 0 Å². The number of unbranched alkanes of at least 4 members (excludes halogenated alkanes) is 3. The molecule has 1 aromatic carbocycles. The molecule has 1 aromatic rings. The number of ether oxygens (including phenoxy) is 1. The van der Waals surface area contributed by atoms with Crippen molar-refractivity contribution in [1.82, 2.24) is 0 Å². The van der Waals surface area contributed by atoms with Crippen LogP contribution in [0.3, 0.4) is 0 Å². The first kappa shape index (κ1) is 13.8. The van der Waals surface area contributed by atoms with Gasteiger partial charge in [0.25, 0.3) is 0 Å². The van der Waals surface area contributed by atoms with Gasteiger partial charge in [0.1, 0.15) is 0 Å². The molecule has 0 N–H and O–H groups in total. The molecule has 2 nitrogen and oxygen atoms in total. The molecule has 0 radical (unpaired) electrons. The van der Waals surface area contributed by atoms with Gasteiger partial charge < -0.3 is 4.74 Å². The Labute approximate surface area is 104 Å². The third-order valence-corrected chi connectivity index (χ3v) is 2.78. The number of hydrogen-bond donors (Lipinski definition) is 0. The number of aryl methyl sites for hydroxylation is 1. The van der Waals surface area contributed by atoms with Crippen LogP contribution in [0.5, 0.6) is 0 Å². The average Bonchev–Trinajstić information content (AvgIpc) is 2.36. The molecule has 2 heteroatoms. The minimum absolute atomic E-state index is 0.231. The molecular weight excluding hydrogens is 212 g/mol. The molecule has 0 spiro atoms. The Bertz CT molecular complexity index is 327. The third kappa shape index (κ3) is 5.03. The molecule has 0 aromatic heterocycles. The predicted octanol–water partition coefficient (Wildman–Crippen LogP) is 3.99. The van der Waals surface area contributed by atoms with Gasteiger partial charge >= 0.3 is 5.97 Å². The zero-order chi connectivity index (χ0) is 12.5. The highest BCUT2D eigenvalue weighted by Gasteiger charge is 2.05. The fourth-order valence-electron chi connectivity index (χ4n) is 1.78. The van der Waals surface area contributed by atoms with E-state index in [2.05, 4.69) is 6.92 Å².